The van der Waals surface area contributed by atoms with Crippen molar-refractivity contribution in [3.05, 3.63) is 29.5 Å². The molecule has 3 rings (SSSR count). The molecule has 1 aromatic carbocycles. The van der Waals surface area contributed by atoms with Crippen LogP contribution in [-0.4, -0.2) is 56.9 Å². The molecule has 0 spiro atoms. The fraction of sp³-hybridized carbons (Fsp3) is 0.571. The number of rotatable bonds is 8. The highest BCUT2D eigenvalue weighted by Crippen LogP contribution is 2.43. The van der Waals surface area contributed by atoms with Crippen molar-refractivity contribution >= 4 is 26.9 Å². The van der Waals surface area contributed by atoms with Crippen molar-refractivity contribution < 1.29 is 22.1 Å². The van der Waals surface area contributed by atoms with E-state index >= 15 is 0 Å². The average molecular weight is 423 g/mol. The monoisotopic (exact) mass is 422 g/mol. The summed E-state index contributed by atoms with van der Waals surface area (Å²) in [5, 5.41) is 0.953. The highest BCUT2D eigenvalue weighted by atomic mass is 32.2. The van der Waals surface area contributed by atoms with E-state index in [1.54, 1.807) is 7.11 Å². The maximum absolute atomic E-state index is 13.3. The Hall–Kier alpha value is -2.06. The predicted molar refractivity (Wildman–Crippen MR) is 113 cm³/mol. The molecule has 0 saturated carbocycles. The summed E-state index contributed by atoms with van der Waals surface area (Å²) < 4.78 is 35.5. The topological polar surface area (TPSA) is 77.8 Å². The van der Waals surface area contributed by atoms with E-state index in [1.807, 2.05) is 36.9 Å². The van der Waals surface area contributed by atoms with Gasteiger partial charge in [0.25, 0.3) is 10.1 Å². The summed E-state index contributed by atoms with van der Waals surface area (Å²) in [5.74, 6) is 0.670. The van der Waals surface area contributed by atoms with E-state index in [-0.39, 0.29) is 18.4 Å². The minimum Gasteiger partial charge on any atom is -0.496 e. The molecule has 1 amide bonds. The van der Waals surface area contributed by atoms with E-state index in [0.717, 1.165) is 53.4 Å². The van der Waals surface area contributed by atoms with Crippen LogP contribution in [0.2, 0.25) is 0 Å². The zero-order valence-corrected chi connectivity index (χ0v) is 18.4. The number of nitrogens with zero attached hydrogens (tertiary/aromatic N) is 2. The standard InChI is InChI=1S/C21H30N2O5S/c1-5-22(6-2)21(24)15-9-7-10-16-19(15)20-17(11-8-12-18(20)27-3)23(16)13-14-28-29(4,25)26/h8,11-12,15H,5-7,9-10,13-14H2,1-4H3/t15-/m0/s1. The van der Waals surface area contributed by atoms with Gasteiger partial charge in [-0.05, 0) is 50.8 Å². The largest absolute Gasteiger partial charge is 0.496 e. The molecule has 1 aromatic heterocycles. The number of carbonyl (C=O) groups is 1. The summed E-state index contributed by atoms with van der Waals surface area (Å²) in [4.78, 5) is 15.2. The number of methoxy groups -OCH3 is 1. The lowest BCUT2D eigenvalue weighted by atomic mass is 9.84. The van der Waals surface area contributed by atoms with Crippen LogP contribution in [0.15, 0.2) is 18.2 Å². The van der Waals surface area contributed by atoms with Crippen molar-refractivity contribution in [2.45, 2.75) is 45.6 Å². The Labute approximate surface area is 172 Å². The van der Waals surface area contributed by atoms with Gasteiger partial charge in [-0.2, -0.15) is 8.42 Å². The van der Waals surface area contributed by atoms with Gasteiger partial charge in [0, 0.05) is 30.7 Å². The number of likely N-dealkylation sites (N-methyl/N-ethyl adjacent to an activating group) is 1. The number of benzene rings is 1. The van der Waals surface area contributed by atoms with Crippen LogP contribution in [0, 0.1) is 0 Å². The number of hydrogen-bond acceptors (Lipinski definition) is 5. The minimum absolute atomic E-state index is 0.0565. The van der Waals surface area contributed by atoms with E-state index in [9.17, 15) is 13.2 Å². The number of fused-ring (bicyclic) bond motifs is 3. The minimum atomic E-state index is -3.51. The normalized spacial score (nSPS) is 16.6. The lowest BCUT2D eigenvalue weighted by molar-refractivity contribution is -0.132. The molecule has 0 bridgehead atoms. The average Bonchev–Trinajstić information content (AvgIpc) is 3.02. The fourth-order valence-corrected chi connectivity index (χ4v) is 4.80. The third-order valence-electron chi connectivity index (χ3n) is 5.66. The molecule has 8 heteroatoms. The smallest absolute Gasteiger partial charge is 0.264 e. The first-order valence-corrected chi connectivity index (χ1v) is 11.9. The van der Waals surface area contributed by atoms with Gasteiger partial charge in [-0.3, -0.25) is 8.98 Å². The summed E-state index contributed by atoms with van der Waals surface area (Å²) >= 11 is 0. The van der Waals surface area contributed by atoms with Crippen LogP contribution in [0.5, 0.6) is 5.75 Å². The molecule has 0 radical (unpaired) electrons. The Morgan fingerprint density at radius 3 is 2.62 bits per heavy atom. The summed E-state index contributed by atoms with van der Waals surface area (Å²) in [6.07, 6.45) is 3.61. The van der Waals surface area contributed by atoms with Gasteiger partial charge < -0.3 is 14.2 Å². The molecule has 2 aromatic rings. The van der Waals surface area contributed by atoms with Gasteiger partial charge in [0.15, 0.2) is 0 Å². The Bertz CT molecular complexity index is 992. The molecule has 29 heavy (non-hydrogen) atoms. The second-order valence-corrected chi connectivity index (χ2v) is 8.99. The van der Waals surface area contributed by atoms with Crippen LogP contribution in [0.1, 0.15) is 43.9 Å². The maximum Gasteiger partial charge on any atom is 0.264 e. The van der Waals surface area contributed by atoms with Crippen molar-refractivity contribution in [1.29, 1.82) is 0 Å². The second-order valence-electron chi connectivity index (χ2n) is 7.35. The third-order valence-corrected chi connectivity index (χ3v) is 6.26. The third kappa shape index (κ3) is 4.28. The van der Waals surface area contributed by atoms with E-state index in [4.69, 9.17) is 8.92 Å². The Morgan fingerprint density at radius 2 is 2.00 bits per heavy atom. The fourth-order valence-electron chi connectivity index (χ4n) is 4.42. The van der Waals surface area contributed by atoms with Crippen LogP contribution in [0.25, 0.3) is 10.9 Å². The van der Waals surface area contributed by atoms with Crippen LogP contribution >= 0.6 is 0 Å². The molecule has 0 aliphatic heterocycles. The van der Waals surface area contributed by atoms with Crippen LogP contribution in [0.4, 0.5) is 0 Å². The summed E-state index contributed by atoms with van der Waals surface area (Å²) in [7, 11) is -1.87. The van der Waals surface area contributed by atoms with Gasteiger partial charge in [0.1, 0.15) is 5.75 Å². The Balaban J connectivity index is 2.13. The van der Waals surface area contributed by atoms with E-state index in [0.29, 0.717) is 19.6 Å². The molecule has 1 aliphatic rings. The molecular formula is C21H30N2O5S. The van der Waals surface area contributed by atoms with Crippen LogP contribution in [-0.2, 0) is 32.1 Å². The zero-order valence-electron chi connectivity index (χ0n) is 17.6. The molecular weight excluding hydrogens is 392 g/mol. The van der Waals surface area contributed by atoms with Crippen molar-refractivity contribution in [2.75, 3.05) is 33.1 Å². The van der Waals surface area contributed by atoms with Crippen LogP contribution < -0.4 is 4.74 Å². The van der Waals surface area contributed by atoms with Gasteiger partial charge in [0.2, 0.25) is 5.91 Å². The number of hydrogen-bond donors (Lipinski definition) is 0. The molecule has 160 valence electrons. The first kappa shape index (κ1) is 21.6. The first-order valence-electron chi connectivity index (χ1n) is 10.1. The SMILES string of the molecule is CCN(CC)C(=O)[C@H]1CCCc2c1c1c(OC)cccc1n2CCOS(C)(=O)=O. The molecule has 7 nitrogen and oxygen atoms in total. The first-order chi connectivity index (χ1) is 13.8. The van der Waals surface area contributed by atoms with Gasteiger partial charge in [0.05, 0.1) is 31.4 Å². The second kappa shape index (κ2) is 8.75. The van der Waals surface area contributed by atoms with Gasteiger partial charge in [-0.15, -0.1) is 0 Å². The maximum atomic E-state index is 13.3. The van der Waals surface area contributed by atoms with E-state index in [1.165, 1.54) is 0 Å². The summed E-state index contributed by atoms with van der Waals surface area (Å²) in [6, 6.07) is 5.82. The summed E-state index contributed by atoms with van der Waals surface area (Å²) in [5.41, 5.74) is 3.06. The van der Waals surface area contributed by atoms with E-state index < -0.39 is 10.1 Å². The molecule has 0 N–H and O–H groups in total. The van der Waals surface area contributed by atoms with E-state index in [2.05, 4.69) is 4.57 Å². The van der Waals surface area contributed by atoms with Crippen LogP contribution in [0.3, 0.4) is 0 Å². The number of carbonyl (C=O) groups excluding carboxylic acids is 1. The number of ether oxygens (including phenoxy) is 1. The number of aromatic nitrogens is 1. The molecule has 1 atom stereocenters. The molecule has 1 heterocycles. The van der Waals surface area contributed by atoms with Gasteiger partial charge in [-0.1, -0.05) is 6.07 Å². The highest BCUT2D eigenvalue weighted by molar-refractivity contribution is 7.85. The Kier molecular flexibility index (Phi) is 6.53. The van der Waals surface area contributed by atoms with Crippen molar-refractivity contribution in [1.82, 2.24) is 9.47 Å². The molecule has 0 saturated heterocycles. The Morgan fingerprint density at radius 1 is 1.28 bits per heavy atom. The molecule has 0 fully saturated rings. The predicted octanol–water partition coefficient (Wildman–Crippen LogP) is 2.91. The van der Waals surface area contributed by atoms with Crippen molar-refractivity contribution in [3.8, 4) is 5.75 Å². The lowest BCUT2D eigenvalue weighted by Gasteiger charge is -2.29. The van der Waals surface area contributed by atoms with Crippen molar-refractivity contribution in [2.24, 2.45) is 0 Å². The van der Waals surface area contributed by atoms with Gasteiger partial charge >= 0.3 is 0 Å². The van der Waals surface area contributed by atoms with Gasteiger partial charge in [-0.25, -0.2) is 0 Å². The number of amides is 1. The highest BCUT2D eigenvalue weighted by Gasteiger charge is 2.34. The molecule has 1 aliphatic carbocycles. The van der Waals surface area contributed by atoms with Crippen molar-refractivity contribution in [3.63, 3.8) is 0 Å². The lowest BCUT2D eigenvalue weighted by Crippen LogP contribution is -2.36. The quantitative estimate of drug-likeness (QED) is 0.611. The summed E-state index contributed by atoms with van der Waals surface area (Å²) in [6.45, 7) is 5.81. The zero-order chi connectivity index (χ0) is 21.2. The molecule has 0 unspecified atom stereocenters.